The number of hydrogen-bond acceptors (Lipinski definition) is 5. The molecule has 0 aliphatic carbocycles. The van der Waals surface area contributed by atoms with Crippen molar-refractivity contribution < 1.29 is 14.3 Å². The summed E-state index contributed by atoms with van der Waals surface area (Å²) in [4.78, 5) is 11.9. The molecule has 2 aromatic rings. The van der Waals surface area contributed by atoms with Crippen molar-refractivity contribution in [2.75, 3.05) is 14.2 Å². The van der Waals surface area contributed by atoms with Crippen molar-refractivity contribution in [2.45, 2.75) is 38.4 Å². The summed E-state index contributed by atoms with van der Waals surface area (Å²) >= 11 is 0. The third kappa shape index (κ3) is 3.67. The fourth-order valence-electron chi connectivity index (χ4n) is 3.49. The molecule has 0 saturated carbocycles. The van der Waals surface area contributed by atoms with Gasteiger partial charge in [-0.3, -0.25) is 9.48 Å². The molecule has 140 valence electrons. The standard InChI is InChI=1S/C19H26N4O3/c1-12-13(5-7-16(25-3)19(12)26-4)9-20-15-6-8-17(24)22-18(15)14-10-21-23(2)11-14/h5,7,10-11,15,18,20H,6,8-9H2,1-4H3,(H,22,24)/t15-,18+/m1/s1. The highest BCUT2D eigenvalue weighted by Crippen LogP contribution is 2.33. The maximum atomic E-state index is 11.9. The molecule has 2 atom stereocenters. The van der Waals surface area contributed by atoms with Crippen LogP contribution >= 0.6 is 0 Å². The number of aromatic nitrogens is 2. The Morgan fingerprint density at radius 2 is 2.15 bits per heavy atom. The van der Waals surface area contributed by atoms with Gasteiger partial charge in [-0.15, -0.1) is 0 Å². The van der Waals surface area contributed by atoms with Crippen molar-refractivity contribution in [1.82, 2.24) is 20.4 Å². The maximum absolute atomic E-state index is 11.9. The summed E-state index contributed by atoms with van der Waals surface area (Å²) in [5, 5.41) is 10.9. The summed E-state index contributed by atoms with van der Waals surface area (Å²) in [6.07, 6.45) is 5.08. The van der Waals surface area contributed by atoms with Gasteiger partial charge in [-0.05, 0) is 30.5 Å². The Hall–Kier alpha value is -2.54. The zero-order chi connectivity index (χ0) is 18.7. The number of carbonyl (C=O) groups is 1. The molecular formula is C19H26N4O3. The van der Waals surface area contributed by atoms with E-state index in [1.54, 1.807) is 18.9 Å². The number of ether oxygens (including phenoxy) is 2. The maximum Gasteiger partial charge on any atom is 0.220 e. The van der Waals surface area contributed by atoms with Crippen molar-refractivity contribution in [3.8, 4) is 11.5 Å². The minimum atomic E-state index is -0.0783. The molecule has 1 aromatic heterocycles. The first-order valence-electron chi connectivity index (χ1n) is 8.75. The lowest BCUT2D eigenvalue weighted by atomic mass is 9.93. The molecular weight excluding hydrogens is 332 g/mol. The predicted octanol–water partition coefficient (Wildman–Crippen LogP) is 1.86. The van der Waals surface area contributed by atoms with Gasteiger partial charge < -0.3 is 20.1 Å². The van der Waals surface area contributed by atoms with E-state index in [1.165, 1.54) is 0 Å². The van der Waals surface area contributed by atoms with E-state index in [0.29, 0.717) is 13.0 Å². The number of methoxy groups -OCH3 is 2. The molecule has 2 N–H and O–H groups in total. The van der Waals surface area contributed by atoms with Gasteiger partial charge in [-0.2, -0.15) is 5.10 Å². The molecule has 1 amide bonds. The predicted molar refractivity (Wildman–Crippen MR) is 98.2 cm³/mol. The van der Waals surface area contributed by atoms with Crippen LogP contribution in [0.2, 0.25) is 0 Å². The van der Waals surface area contributed by atoms with Gasteiger partial charge in [0.15, 0.2) is 11.5 Å². The third-order valence-electron chi connectivity index (χ3n) is 4.95. The van der Waals surface area contributed by atoms with E-state index < -0.39 is 0 Å². The largest absolute Gasteiger partial charge is 0.493 e. The van der Waals surface area contributed by atoms with Gasteiger partial charge in [-0.1, -0.05) is 6.07 Å². The van der Waals surface area contributed by atoms with Crippen LogP contribution in [0, 0.1) is 6.92 Å². The highest BCUT2D eigenvalue weighted by molar-refractivity contribution is 5.77. The van der Waals surface area contributed by atoms with Crippen molar-refractivity contribution in [1.29, 1.82) is 0 Å². The van der Waals surface area contributed by atoms with Gasteiger partial charge in [0.2, 0.25) is 5.91 Å². The molecule has 1 fully saturated rings. The molecule has 0 unspecified atom stereocenters. The molecule has 1 aromatic carbocycles. The monoisotopic (exact) mass is 358 g/mol. The lowest BCUT2D eigenvalue weighted by Gasteiger charge is -2.32. The molecule has 26 heavy (non-hydrogen) atoms. The first-order valence-corrected chi connectivity index (χ1v) is 8.75. The first kappa shape index (κ1) is 18.3. The van der Waals surface area contributed by atoms with Crippen LogP contribution in [-0.2, 0) is 18.4 Å². The molecule has 3 rings (SSSR count). The topological polar surface area (TPSA) is 77.4 Å². The van der Waals surface area contributed by atoms with Crippen LogP contribution in [0.1, 0.15) is 35.6 Å². The van der Waals surface area contributed by atoms with Gasteiger partial charge in [0.25, 0.3) is 0 Å². The summed E-state index contributed by atoms with van der Waals surface area (Å²) in [6, 6.07) is 4.03. The number of nitrogens with zero attached hydrogens (tertiary/aromatic N) is 2. The molecule has 7 heteroatoms. The normalized spacial score (nSPS) is 19.9. The zero-order valence-corrected chi connectivity index (χ0v) is 15.7. The summed E-state index contributed by atoms with van der Waals surface area (Å²) < 4.78 is 12.6. The second kappa shape index (κ2) is 7.78. The summed E-state index contributed by atoms with van der Waals surface area (Å²) in [6.45, 7) is 2.71. The minimum absolute atomic E-state index is 0.0783. The Kier molecular flexibility index (Phi) is 5.46. The second-order valence-corrected chi connectivity index (χ2v) is 6.60. The van der Waals surface area contributed by atoms with Crippen LogP contribution in [0.25, 0.3) is 0 Å². The van der Waals surface area contributed by atoms with Crippen molar-refractivity contribution in [2.24, 2.45) is 7.05 Å². The third-order valence-corrected chi connectivity index (χ3v) is 4.95. The zero-order valence-electron chi connectivity index (χ0n) is 15.7. The smallest absolute Gasteiger partial charge is 0.220 e. The molecule has 0 radical (unpaired) electrons. The van der Waals surface area contributed by atoms with Crippen LogP contribution in [0.5, 0.6) is 11.5 Å². The SMILES string of the molecule is COc1ccc(CN[C@@H]2CCC(=O)N[C@H]2c2cnn(C)c2)c(C)c1OC. The van der Waals surface area contributed by atoms with Gasteiger partial charge in [0.05, 0.1) is 26.5 Å². The summed E-state index contributed by atoms with van der Waals surface area (Å²) in [7, 11) is 5.17. The Labute approximate surface area is 153 Å². The Balaban J connectivity index is 1.76. The van der Waals surface area contributed by atoms with Gasteiger partial charge in [-0.25, -0.2) is 0 Å². The average Bonchev–Trinajstić information content (AvgIpc) is 3.07. The highest BCUT2D eigenvalue weighted by atomic mass is 16.5. The van der Waals surface area contributed by atoms with E-state index in [1.807, 2.05) is 38.5 Å². The summed E-state index contributed by atoms with van der Waals surface area (Å²) in [5.74, 6) is 1.57. The molecule has 7 nitrogen and oxygen atoms in total. The fraction of sp³-hybridized carbons (Fsp3) is 0.474. The second-order valence-electron chi connectivity index (χ2n) is 6.60. The molecule has 0 bridgehead atoms. The number of aryl methyl sites for hydroxylation is 1. The first-order chi connectivity index (χ1) is 12.5. The fourth-order valence-corrected chi connectivity index (χ4v) is 3.49. The number of amides is 1. The van der Waals surface area contributed by atoms with Gasteiger partial charge >= 0.3 is 0 Å². The number of nitrogens with one attached hydrogen (secondary N) is 2. The Morgan fingerprint density at radius 3 is 2.81 bits per heavy atom. The number of hydrogen-bond donors (Lipinski definition) is 2. The number of benzene rings is 1. The van der Waals surface area contributed by atoms with Crippen molar-refractivity contribution in [3.05, 3.63) is 41.2 Å². The Morgan fingerprint density at radius 1 is 1.35 bits per heavy atom. The average molecular weight is 358 g/mol. The number of piperidine rings is 1. The van der Waals surface area contributed by atoms with E-state index in [9.17, 15) is 4.79 Å². The highest BCUT2D eigenvalue weighted by Gasteiger charge is 2.30. The van der Waals surface area contributed by atoms with E-state index in [-0.39, 0.29) is 18.0 Å². The van der Waals surface area contributed by atoms with Crippen LogP contribution in [0.3, 0.4) is 0 Å². The number of carbonyl (C=O) groups excluding carboxylic acids is 1. The van der Waals surface area contributed by atoms with E-state index in [0.717, 1.165) is 34.6 Å². The molecule has 1 saturated heterocycles. The Bertz CT molecular complexity index is 787. The quantitative estimate of drug-likeness (QED) is 0.824. The van der Waals surface area contributed by atoms with E-state index in [2.05, 4.69) is 15.7 Å². The molecule has 1 aliphatic rings. The minimum Gasteiger partial charge on any atom is -0.493 e. The lowest BCUT2D eigenvalue weighted by Crippen LogP contribution is -2.48. The van der Waals surface area contributed by atoms with Crippen LogP contribution in [0.4, 0.5) is 0 Å². The molecule has 0 spiro atoms. The lowest BCUT2D eigenvalue weighted by molar-refractivity contribution is -0.123. The molecule has 2 heterocycles. The van der Waals surface area contributed by atoms with E-state index >= 15 is 0 Å². The van der Waals surface area contributed by atoms with Gasteiger partial charge in [0.1, 0.15) is 0 Å². The van der Waals surface area contributed by atoms with Crippen molar-refractivity contribution >= 4 is 5.91 Å². The number of rotatable bonds is 6. The molecule has 1 aliphatic heterocycles. The van der Waals surface area contributed by atoms with Crippen LogP contribution < -0.4 is 20.1 Å². The van der Waals surface area contributed by atoms with Crippen LogP contribution in [-0.4, -0.2) is 35.9 Å². The van der Waals surface area contributed by atoms with Crippen LogP contribution in [0.15, 0.2) is 24.5 Å². The van der Waals surface area contributed by atoms with Gasteiger partial charge in [0, 0.05) is 37.8 Å². The van der Waals surface area contributed by atoms with E-state index in [4.69, 9.17) is 9.47 Å². The summed E-state index contributed by atoms with van der Waals surface area (Å²) in [5.41, 5.74) is 3.21. The van der Waals surface area contributed by atoms with Crippen molar-refractivity contribution in [3.63, 3.8) is 0 Å².